The molecule has 0 bridgehead atoms. The van der Waals surface area contributed by atoms with Gasteiger partial charge in [0.15, 0.2) is 0 Å². The average Bonchev–Trinajstić information content (AvgIpc) is 1.90. The normalized spacial score (nSPS) is 7.36. The fourth-order valence-electron chi connectivity index (χ4n) is 0.541. The molecule has 0 radical (unpaired) electrons. The van der Waals surface area contributed by atoms with Gasteiger partial charge in [0.1, 0.15) is 12.1 Å². The topological polar surface area (TPSA) is 17.1 Å². The molecule has 0 aromatic heterocycles. The van der Waals surface area contributed by atoms with E-state index in [0.29, 0.717) is 11.8 Å². The molecule has 0 fully saturated rings. The Bertz CT molecular complexity index is 210. The first-order valence-corrected chi connectivity index (χ1v) is 2.53. The number of halogens is 3. The summed E-state index contributed by atoms with van der Waals surface area (Å²) in [6.07, 6.45) is 0.680. The second-order valence-electron chi connectivity index (χ2n) is 1.67. The molecule has 62 valence electrons. The van der Waals surface area contributed by atoms with Gasteiger partial charge in [-0.2, -0.15) is 0 Å². The quantitative estimate of drug-likeness (QED) is 0.632. The van der Waals surface area contributed by atoms with Crippen molar-refractivity contribution in [2.24, 2.45) is 0 Å². The van der Waals surface area contributed by atoms with Gasteiger partial charge in [0.05, 0.1) is 0 Å². The third-order valence-corrected chi connectivity index (χ3v) is 1.01. The summed E-state index contributed by atoms with van der Waals surface area (Å²) in [6.45, 7) is 0. The van der Waals surface area contributed by atoms with Gasteiger partial charge < -0.3 is 0 Å². The van der Waals surface area contributed by atoms with Crippen molar-refractivity contribution < 1.29 is 9.18 Å². The van der Waals surface area contributed by atoms with Gasteiger partial charge in [0, 0.05) is 5.56 Å². The monoisotopic (exact) mass is 196 g/mol. The van der Waals surface area contributed by atoms with E-state index in [2.05, 4.69) is 0 Å². The standard InChI is InChI=1S/C7H5FO.2ClH/c8-7-3-1-6(5-9)2-4-7;;/h1-5H;2*1H. The van der Waals surface area contributed by atoms with Crippen LogP contribution in [0.25, 0.3) is 0 Å². The van der Waals surface area contributed by atoms with Crippen molar-refractivity contribution in [3.05, 3.63) is 35.6 Å². The summed E-state index contributed by atoms with van der Waals surface area (Å²) in [5.74, 6) is -0.319. The Morgan fingerprint density at radius 1 is 1.09 bits per heavy atom. The minimum absolute atomic E-state index is 0. The molecule has 0 N–H and O–H groups in total. The number of carbonyl (C=O) groups excluding carboxylic acids is 1. The van der Waals surface area contributed by atoms with Crippen LogP contribution in [0.3, 0.4) is 0 Å². The second-order valence-corrected chi connectivity index (χ2v) is 1.67. The summed E-state index contributed by atoms with van der Waals surface area (Å²) >= 11 is 0. The average molecular weight is 197 g/mol. The van der Waals surface area contributed by atoms with E-state index in [-0.39, 0.29) is 30.6 Å². The highest BCUT2D eigenvalue weighted by atomic mass is 35.5. The Morgan fingerprint density at radius 3 is 1.91 bits per heavy atom. The van der Waals surface area contributed by atoms with Crippen LogP contribution < -0.4 is 0 Å². The molecule has 1 rings (SSSR count). The number of hydrogen-bond donors (Lipinski definition) is 0. The first kappa shape index (κ1) is 13.0. The Labute approximate surface area is 76.4 Å². The molecule has 1 nitrogen and oxygen atoms in total. The van der Waals surface area contributed by atoms with Gasteiger partial charge in [0.25, 0.3) is 0 Å². The van der Waals surface area contributed by atoms with Gasteiger partial charge in [-0.05, 0) is 24.3 Å². The highest BCUT2D eigenvalue weighted by Crippen LogP contribution is 1.98. The lowest BCUT2D eigenvalue weighted by atomic mass is 10.2. The molecule has 0 aliphatic carbocycles. The Kier molecular flexibility index (Phi) is 7.26. The molecule has 1 aromatic carbocycles. The molecule has 0 saturated carbocycles. The number of rotatable bonds is 1. The zero-order valence-corrected chi connectivity index (χ0v) is 7.12. The van der Waals surface area contributed by atoms with Crippen LogP contribution in [0, 0.1) is 5.82 Å². The third-order valence-electron chi connectivity index (χ3n) is 1.01. The fourth-order valence-corrected chi connectivity index (χ4v) is 0.541. The summed E-state index contributed by atoms with van der Waals surface area (Å²) in [7, 11) is 0. The van der Waals surface area contributed by atoms with E-state index in [1.807, 2.05) is 0 Å². The zero-order valence-electron chi connectivity index (χ0n) is 5.49. The van der Waals surface area contributed by atoms with Crippen LogP contribution in [0.5, 0.6) is 0 Å². The summed E-state index contributed by atoms with van der Waals surface area (Å²) in [4.78, 5) is 10.00. The van der Waals surface area contributed by atoms with Crippen LogP contribution in [0.2, 0.25) is 0 Å². The fraction of sp³-hybridized carbons (Fsp3) is 0. The van der Waals surface area contributed by atoms with Crippen LogP contribution >= 0.6 is 24.8 Å². The zero-order chi connectivity index (χ0) is 6.69. The molecule has 1 aromatic rings. The lowest BCUT2D eigenvalue weighted by Crippen LogP contribution is -1.77. The largest absolute Gasteiger partial charge is 0.298 e. The van der Waals surface area contributed by atoms with Crippen molar-refractivity contribution in [1.82, 2.24) is 0 Å². The minimum Gasteiger partial charge on any atom is -0.298 e. The maximum atomic E-state index is 12.1. The summed E-state index contributed by atoms with van der Waals surface area (Å²) in [6, 6.07) is 5.37. The maximum Gasteiger partial charge on any atom is 0.150 e. The van der Waals surface area contributed by atoms with Gasteiger partial charge in [-0.25, -0.2) is 4.39 Å². The van der Waals surface area contributed by atoms with Gasteiger partial charge in [-0.3, -0.25) is 4.79 Å². The van der Waals surface area contributed by atoms with Crippen molar-refractivity contribution in [1.29, 1.82) is 0 Å². The number of aldehydes is 1. The van der Waals surface area contributed by atoms with E-state index in [0.717, 1.165) is 0 Å². The molecule has 0 unspecified atom stereocenters. The Balaban J connectivity index is 0. The molecular weight excluding hydrogens is 190 g/mol. The highest BCUT2D eigenvalue weighted by Gasteiger charge is 1.87. The van der Waals surface area contributed by atoms with Crippen LogP contribution in [0.1, 0.15) is 10.4 Å². The van der Waals surface area contributed by atoms with E-state index in [1.54, 1.807) is 0 Å². The Hall–Kier alpha value is -0.600. The first-order chi connectivity index (χ1) is 4.33. The van der Waals surface area contributed by atoms with E-state index >= 15 is 0 Å². The van der Waals surface area contributed by atoms with Crippen molar-refractivity contribution in [3.8, 4) is 0 Å². The molecule has 0 saturated heterocycles. The molecule has 11 heavy (non-hydrogen) atoms. The lowest BCUT2D eigenvalue weighted by molar-refractivity contribution is 0.112. The number of carbonyl (C=O) groups is 1. The molecule has 0 aliphatic heterocycles. The molecule has 0 atom stereocenters. The maximum absolute atomic E-state index is 12.1. The molecule has 0 amide bonds. The molecular formula is C7H7Cl2FO. The first-order valence-electron chi connectivity index (χ1n) is 2.53. The molecule has 0 heterocycles. The van der Waals surface area contributed by atoms with Crippen LogP contribution in [-0.2, 0) is 0 Å². The minimum atomic E-state index is -0.319. The summed E-state index contributed by atoms with van der Waals surface area (Å²) in [5.41, 5.74) is 0.497. The molecule has 0 aliphatic rings. The smallest absolute Gasteiger partial charge is 0.150 e. The molecule has 4 heteroatoms. The van der Waals surface area contributed by atoms with Gasteiger partial charge in [-0.1, -0.05) is 0 Å². The predicted octanol–water partition coefficient (Wildman–Crippen LogP) is 2.48. The second kappa shape index (κ2) is 6.13. The predicted molar refractivity (Wildman–Crippen MR) is 46.3 cm³/mol. The van der Waals surface area contributed by atoms with E-state index in [4.69, 9.17) is 0 Å². The van der Waals surface area contributed by atoms with E-state index in [1.165, 1.54) is 24.3 Å². The third kappa shape index (κ3) is 3.96. The van der Waals surface area contributed by atoms with Crippen LogP contribution in [0.15, 0.2) is 24.3 Å². The number of hydrogen-bond acceptors (Lipinski definition) is 1. The number of benzene rings is 1. The van der Waals surface area contributed by atoms with Crippen molar-refractivity contribution in [2.75, 3.05) is 0 Å². The van der Waals surface area contributed by atoms with Crippen molar-refractivity contribution >= 4 is 31.1 Å². The van der Waals surface area contributed by atoms with Gasteiger partial charge >= 0.3 is 0 Å². The highest BCUT2D eigenvalue weighted by molar-refractivity contribution is 5.85. The lowest BCUT2D eigenvalue weighted by Gasteiger charge is -1.86. The van der Waals surface area contributed by atoms with Gasteiger partial charge in [-0.15, -0.1) is 24.8 Å². The molecule has 0 spiro atoms. The van der Waals surface area contributed by atoms with E-state index < -0.39 is 0 Å². The van der Waals surface area contributed by atoms with Crippen molar-refractivity contribution in [2.45, 2.75) is 0 Å². The van der Waals surface area contributed by atoms with E-state index in [9.17, 15) is 9.18 Å². The summed E-state index contributed by atoms with van der Waals surface area (Å²) in [5, 5.41) is 0. The van der Waals surface area contributed by atoms with Crippen molar-refractivity contribution in [3.63, 3.8) is 0 Å². The SMILES string of the molecule is Cl.Cl.O=Cc1ccc(F)cc1. The van der Waals surface area contributed by atoms with Gasteiger partial charge in [0.2, 0.25) is 0 Å². The van der Waals surface area contributed by atoms with Crippen LogP contribution in [-0.4, -0.2) is 6.29 Å². The Morgan fingerprint density at radius 2 is 1.55 bits per heavy atom. The summed E-state index contributed by atoms with van der Waals surface area (Å²) < 4.78 is 12.1. The van der Waals surface area contributed by atoms with Crippen LogP contribution in [0.4, 0.5) is 4.39 Å².